The Bertz CT molecular complexity index is 266. The zero-order valence-corrected chi connectivity index (χ0v) is 18.2. The first-order chi connectivity index (χ1) is 9.00. The summed E-state index contributed by atoms with van der Waals surface area (Å²) in [6.07, 6.45) is 0. The van der Waals surface area contributed by atoms with E-state index in [4.69, 9.17) is 0 Å². The molecule has 0 bridgehead atoms. The van der Waals surface area contributed by atoms with Crippen LogP contribution in [-0.2, 0) is 21.7 Å². The average molecular weight is 352 g/mol. The van der Waals surface area contributed by atoms with Crippen LogP contribution in [0.2, 0.25) is 39.3 Å². The predicted octanol–water partition coefficient (Wildman–Crippen LogP) is 6.20. The minimum atomic E-state index is -0.861. The number of hydrogen-bond acceptors (Lipinski definition) is 0. The smallest absolute Gasteiger partial charge is 0.342 e. The van der Waals surface area contributed by atoms with Crippen LogP contribution in [0, 0.1) is 13.1 Å². The van der Waals surface area contributed by atoms with Gasteiger partial charge in [0.15, 0.2) is 0 Å². The molecule has 0 unspecified atom stereocenters. The summed E-state index contributed by atoms with van der Waals surface area (Å²) in [5.41, 5.74) is 0. The summed E-state index contributed by atoms with van der Waals surface area (Å²) in [6.45, 7) is 21.1. The van der Waals surface area contributed by atoms with Crippen LogP contribution >= 0.6 is 0 Å². The van der Waals surface area contributed by atoms with Crippen molar-refractivity contribution in [2.75, 3.05) is 0 Å². The summed E-state index contributed by atoms with van der Waals surface area (Å²) >= 11 is 0. The Kier molecular flexibility index (Phi) is 18.1. The van der Waals surface area contributed by atoms with Gasteiger partial charge in [0, 0.05) is 0 Å². The molecule has 0 saturated heterocycles. The van der Waals surface area contributed by atoms with Crippen LogP contribution in [0.1, 0.15) is 0 Å². The SMILES string of the molecule is [CH2-][Si](C)(C)C.[CH2-][Si](C)(C)C.[Ti+4].c1cc[cH-]c1.c1cc[cH-]c1. The Morgan fingerprint density at radius 1 is 0.571 bits per heavy atom. The third kappa shape index (κ3) is 65.2. The van der Waals surface area contributed by atoms with Gasteiger partial charge in [0.2, 0.25) is 0 Å². The summed E-state index contributed by atoms with van der Waals surface area (Å²) in [6, 6.07) is 20.0. The van der Waals surface area contributed by atoms with E-state index in [1.54, 1.807) is 0 Å². The summed E-state index contributed by atoms with van der Waals surface area (Å²) in [5.74, 6) is 0. The van der Waals surface area contributed by atoms with Crippen molar-refractivity contribution < 1.29 is 21.7 Å². The number of hydrogen-bond donors (Lipinski definition) is 0. The monoisotopic (exact) mass is 352 g/mol. The normalized spacial score (nSPS) is 9.52. The molecule has 0 heterocycles. The first-order valence-corrected chi connectivity index (χ1v) is 14.5. The molecule has 0 fully saturated rings. The molecule has 0 nitrogen and oxygen atoms in total. The van der Waals surface area contributed by atoms with Crippen molar-refractivity contribution in [2.24, 2.45) is 0 Å². The molecule has 0 spiro atoms. The van der Waals surface area contributed by atoms with E-state index in [-0.39, 0.29) is 21.7 Å². The Balaban J connectivity index is -0.000000202. The van der Waals surface area contributed by atoms with Crippen LogP contribution in [-0.4, -0.2) is 16.1 Å². The molecule has 0 saturated carbocycles. The van der Waals surface area contributed by atoms with Crippen molar-refractivity contribution in [2.45, 2.75) is 39.3 Å². The van der Waals surface area contributed by atoms with Gasteiger partial charge in [0.1, 0.15) is 0 Å². The molecule has 21 heavy (non-hydrogen) atoms. The van der Waals surface area contributed by atoms with Gasteiger partial charge < -0.3 is 13.1 Å². The van der Waals surface area contributed by atoms with Crippen LogP contribution in [0.5, 0.6) is 0 Å². The van der Waals surface area contributed by atoms with Gasteiger partial charge in [-0.2, -0.15) is 36.4 Å². The van der Waals surface area contributed by atoms with Crippen molar-refractivity contribution in [3.63, 3.8) is 0 Å². The Morgan fingerprint density at radius 2 is 0.714 bits per heavy atom. The van der Waals surface area contributed by atoms with Gasteiger partial charge in [-0.3, -0.25) is 0 Å². The molecular weight excluding hydrogens is 320 g/mol. The van der Waals surface area contributed by atoms with Crippen molar-refractivity contribution in [1.82, 2.24) is 0 Å². The second kappa shape index (κ2) is 14.8. The molecule has 0 aliphatic carbocycles. The van der Waals surface area contributed by atoms with E-state index >= 15 is 0 Å². The van der Waals surface area contributed by atoms with Gasteiger partial charge in [-0.25, -0.2) is 24.3 Å². The second-order valence-electron chi connectivity index (χ2n) is 7.05. The maximum atomic E-state index is 3.91. The molecule has 2 rings (SSSR count). The van der Waals surface area contributed by atoms with Gasteiger partial charge in [-0.05, 0) is 0 Å². The van der Waals surface area contributed by atoms with E-state index < -0.39 is 16.1 Å². The minimum Gasteiger partial charge on any atom is -0.342 e. The molecule has 0 aliphatic rings. The molecule has 0 atom stereocenters. The summed E-state index contributed by atoms with van der Waals surface area (Å²) < 4.78 is 0. The average Bonchev–Trinajstić information content (AvgIpc) is 2.92. The van der Waals surface area contributed by atoms with Crippen molar-refractivity contribution in [1.29, 1.82) is 0 Å². The van der Waals surface area contributed by atoms with Gasteiger partial charge in [-0.15, -0.1) is 16.1 Å². The molecule has 0 amide bonds. The van der Waals surface area contributed by atoms with Crippen molar-refractivity contribution >= 4 is 16.1 Å². The first kappa shape index (κ1) is 25.8. The standard InChI is InChI=1S/2C5H5.2C4H11Si.Ti/c2*1-2-4-5-3-1;2*1-5(2,3)4;/h2*1-5H;2*1H2,2-4H3;/q4*-1;+4. The fourth-order valence-corrected chi connectivity index (χ4v) is 0.642. The van der Waals surface area contributed by atoms with E-state index in [0.717, 1.165) is 0 Å². The van der Waals surface area contributed by atoms with E-state index in [1.165, 1.54) is 0 Å². The first-order valence-electron chi connectivity index (χ1n) is 7.04. The Morgan fingerprint density at radius 3 is 0.762 bits per heavy atom. The molecular formula is C18H32Si2Ti. The summed E-state index contributed by atoms with van der Waals surface area (Å²) in [5, 5.41) is 0. The fraction of sp³-hybridized carbons (Fsp3) is 0.333. The van der Waals surface area contributed by atoms with Crippen molar-refractivity contribution in [3.05, 3.63) is 73.8 Å². The molecule has 2 aromatic rings. The third-order valence-corrected chi connectivity index (χ3v) is 1.11. The quantitative estimate of drug-likeness (QED) is 0.391. The van der Waals surface area contributed by atoms with Gasteiger partial charge in [0.25, 0.3) is 0 Å². The zero-order valence-electron chi connectivity index (χ0n) is 14.7. The van der Waals surface area contributed by atoms with Crippen LogP contribution in [0.3, 0.4) is 0 Å². The molecule has 3 heteroatoms. The largest absolute Gasteiger partial charge is 4.00 e. The van der Waals surface area contributed by atoms with E-state index in [9.17, 15) is 0 Å². The topological polar surface area (TPSA) is 0 Å². The molecule has 0 radical (unpaired) electrons. The molecule has 2 aromatic carbocycles. The maximum absolute atomic E-state index is 3.91. The van der Waals surface area contributed by atoms with Gasteiger partial charge in [0.05, 0.1) is 0 Å². The van der Waals surface area contributed by atoms with Crippen LogP contribution in [0.15, 0.2) is 60.7 Å². The fourth-order valence-electron chi connectivity index (χ4n) is 0.642. The molecule has 0 aliphatic heterocycles. The second-order valence-corrected chi connectivity index (χ2v) is 17.3. The van der Waals surface area contributed by atoms with E-state index in [0.29, 0.717) is 0 Å². The molecule has 0 N–H and O–H groups in total. The van der Waals surface area contributed by atoms with Crippen LogP contribution in [0.4, 0.5) is 0 Å². The van der Waals surface area contributed by atoms with Gasteiger partial charge in [-0.1, -0.05) is 39.3 Å². The summed E-state index contributed by atoms with van der Waals surface area (Å²) in [4.78, 5) is 0. The van der Waals surface area contributed by atoms with Crippen LogP contribution in [0.25, 0.3) is 0 Å². The van der Waals surface area contributed by atoms with E-state index in [1.807, 2.05) is 60.7 Å². The third-order valence-electron chi connectivity index (χ3n) is 1.11. The maximum Gasteiger partial charge on any atom is 4.00 e. The molecule has 116 valence electrons. The molecule has 0 aromatic heterocycles. The zero-order chi connectivity index (χ0) is 16.1. The van der Waals surface area contributed by atoms with E-state index in [2.05, 4.69) is 52.4 Å². The Hall–Kier alpha value is -0.152. The Labute approximate surface area is 150 Å². The number of rotatable bonds is 0. The van der Waals surface area contributed by atoms with Crippen LogP contribution < -0.4 is 0 Å². The van der Waals surface area contributed by atoms with Crippen molar-refractivity contribution in [3.8, 4) is 0 Å². The summed E-state index contributed by atoms with van der Waals surface area (Å²) in [7, 11) is -1.72. The minimum absolute atomic E-state index is 0. The van der Waals surface area contributed by atoms with Gasteiger partial charge >= 0.3 is 21.7 Å². The predicted molar refractivity (Wildman–Crippen MR) is 101 cm³/mol.